The van der Waals surface area contributed by atoms with Crippen LogP contribution in [0.5, 0.6) is 0 Å². The summed E-state index contributed by atoms with van der Waals surface area (Å²) < 4.78 is 2.62. The third-order valence-corrected chi connectivity index (χ3v) is 2.22. The lowest BCUT2D eigenvalue weighted by Crippen LogP contribution is -2.20. The van der Waals surface area contributed by atoms with Crippen LogP contribution >= 0.6 is 0 Å². The Morgan fingerprint density at radius 1 is 1.20 bits per heavy atom. The number of benzene rings is 1. The molecule has 0 N–H and O–H groups in total. The summed E-state index contributed by atoms with van der Waals surface area (Å²) >= 11 is 0. The van der Waals surface area contributed by atoms with Gasteiger partial charge in [-0.25, -0.2) is 9.36 Å². The first kappa shape index (κ1) is 9.45. The molecule has 0 bridgehead atoms. The van der Waals surface area contributed by atoms with Crippen molar-refractivity contribution < 1.29 is 4.79 Å². The molecule has 1 aromatic heterocycles. The lowest BCUT2D eigenvalue weighted by atomic mass is 10.3. The maximum Gasteiger partial charge on any atom is 0.272 e. The van der Waals surface area contributed by atoms with Crippen molar-refractivity contribution in [2.45, 2.75) is 6.92 Å². The monoisotopic (exact) mass is 202 g/mol. The minimum Gasteiger partial charge on any atom is -0.276 e. The summed E-state index contributed by atoms with van der Waals surface area (Å²) in [6.45, 7) is 1.72. The van der Waals surface area contributed by atoms with E-state index in [1.54, 1.807) is 19.1 Å². The van der Waals surface area contributed by atoms with Gasteiger partial charge in [0, 0.05) is 11.8 Å². The molecule has 1 heterocycles. The summed E-state index contributed by atoms with van der Waals surface area (Å²) in [5.41, 5.74) is 1.10. The topological polar surface area (TPSA) is 44.0 Å². The SMILES string of the molecule is Cc1cc(=O)n(-c2ccccc2)n1C=O. The van der Waals surface area contributed by atoms with Crippen LogP contribution in [0, 0.1) is 6.92 Å². The van der Waals surface area contributed by atoms with E-state index in [9.17, 15) is 9.59 Å². The van der Waals surface area contributed by atoms with Gasteiger partial charge in [-0.1, -0.05) is 18.2 Å². The van der Waals surface area contributed by atoms with E-state index < -0.39 is 0 Å². The van der Waals surface area contributed by atoms with E-state index in [1.807, 2.05) is 18.2 Å². The van der Waals surface area contributed by atoms with Crippen LogP contribution in [-0.2, 0) is 4.79 Å². The van der Waals surface area contributed by atoms with E-state index in [0.717, 1.165) is 0 Å². The average Bonchev–Trinajstić information content (AvgIpc) is 2.54. The number of aromatic nitrogens is 2. The van der Waals surface area contributed by atoms with Crippen molar-refractivity contribution in [3.8, 4) is 5.69 Å². The summed E-state index contributed by atoms with van der Waals surface area (Å²) in [4.78, 5) is 22.4. The average molecular weight is 202 g/mol. The predicted octanol–water partition coefficient (Wildman–Crippen LogP) is 0.986. The molecule has 15 heavy (non-hydrogen) atoms. The molecule has 0 unspecified atom stereocenters. The van der Waals surface area contributed by atoms with Gasteiger partial charge in [-0.15, -0.1) is 0 Å². The van der Waals surface area contributed by atoms with E-state index in [4.69, 9.17) is 0 Å². The molecule has 4 nitrogen and oxygen atoms in total. The van der Waals surface area contributed by atoms with Crippen LogP contribution in [0.3, 0.4) is 0 Å². The van der Waals surface area contributed by atoms with Gasteiger partial charge in [-0.05, 0) is 19.1 Å². The fourth-order valence-corrected chi connectivity index (χ4v) is 1.52. The van der Waals surface area contributed by atoms with E-state index in [-0.39, 0.29) is 5.56 Å². The Labute approximate surface area is 86.4 Å². The summed E-state index contributed by atoms with van der Waals surface area (Å²) in [6.07, 6.45) is 0.629. The van der Waals surface area contributed by atoms with Crippen molar-refractivity contribution in [3.05, 3.63) is 52.4 Å². The number of hydrogen-bond acceptors (Lipinski definition) is 2. The number of aryl methyl sites for hydroxylation is 1. The highest BCUT2D eigenvalue weighted by molar-refractivity contribution is 5.53. The maximum absolute atomic E-state index is 11.6. The predicted molar refractivity (Wildman–Crippen MR) is 56.9 cm³/mol. The largest absolute Gasteiger partial charge is 0.276 e. The van der Waals surface area contributed by atoms with Gasteiger partial charge >= 0.3 is 0 Å². The highest BCUT2D eigenvalue weighted by Gasteiger charge is 2.08. The lowest BCUT2D eigenvalue weighted by molar-refractivity contribution is 0.529. The van der Waals surface area contributed by atoms with E-state index in [1.165, 1.54) is 15.4 Å². The van der Waals surface area contributed by atoms with Crippen molar-refractivity contribution in [1.29, 1.82) is 0 Å². The third kappa shape index (κ3) is 1.50. The number of rotatable bonds is 2. The van der Waals surface area contributed by atoms with Crippen molar-refractivity contribution in [2.75, 3.05) is 0 Å². The molecule has 0 saturated carbocycles. The van der Waals surface area contributed by atoms with E-state index in [0.29, 0.717) is 17.8 Å². The Balaban J connectivity index is 2.73. The number of carbonyl (C=O) groups is 1. The second-order valence-corrected chi connectivity index (χ2v) is 3.22. The Hall–Kier alpha value is -2.10. The normalized spacial score (nSPS) is 10.2. The molecule has 0 saturated heterocycles. The number of hydrogen-bond donors (Lipinski definition) is 0. The minimum atomic E-state index is -0.203. The smallest absolute Gasteiger partial charge is 0.272 e. The van der Waals surface area contributed by atoms with Crippen LogP contribution < -0.4 is 5.56 Å². The highest BCUT2D eigenvalue weighted by atomic mass is 16.2. The number of para-hydroxylation sites is 1. The first-order chi connectivity index (χ1) is 7.24. The van der Waals surface area contributed by atoms with E-state index in [2.05, 4.69) is 0 Å². The van der Waals surface area contributed by atoms with Crippen LogP contribution in [0.15, 0.2) is 41.2 Å². The fourth-order valence-electron chi connectivity index (χ4n) is 1.52. The molecule has 4 heteroatoms. The summed E-state index contributed by atoms with van der Waals surface area (Å²) in [6, 6.07) is 10.5. The Morgan fingerprint density at radius 3 is 2.47 bits per heavy atom. The van der Waals surface area contributed by atoms with Gasteiger partial charge in [-0.2, -0.15) is 0 Å². The summed E-state index contributed by atoms with van der Waals surface area (Å²) in [5, 5.41) is 0. The molecule has 0 aliphatic rings. The van der Waals surface area contributed by atoms with Crippen molar-refractivity contribution in [1.82, 2.24) is 9.36 Å². The molecule has 1 aromatic carbocycles. The Bertz CT molecular complexity index is 537. The zero-order valence-corrected chi connectivity index (χ0v) is 8.25. The molecule has 76 valence electrons. The van der Waals surface area contributed by atoms with Gasteiger partial charge in [0.2, 0.25) is 6.41 Å². The second kappa shape index (κ2) is 3.57. The quantitative estimate of drug-likeness (QED) is 0.681. The molecule has 0 spiro atoms. The number of nitrogens with zero attached hydrogens (tertiary/aromatic N) is 2. The van der Waals surface area contributed by atoms with E-state index >= 15 is 0 Å². The molecule has 0 radical (unpaired) electrons. The second-order valence-electron chi connectivity index (χ2n) is 3.22. The molecule has 2 rings (SSSR count). The van der Waals surface area contributed by atoms with Gasteiger partial charge < -0.3 is 0 Å². The Kier molecular flexibility index (Phi) is 2.25. The van der Waals surface area contributed by atoms with Crippen LogP contribution in [0.2, 0.25) is 0 Å². The zero-order valence-electron chi connectivity index (χ0n) is 8.25. The highest BCUT2D eigenvalue weighted by Crippen LogP contribution is 2.05. The molecule has 0 aliphatic carbocycles. The van der Waals surface area contributed by atoms with Gasteiger partial charge in [0.25, 0.3) is 5.56 Å². The Morgan fingerprint density at radius 2 is 1.87 bits per heavy atom. The third-order valence-electron chi connectivity index (χ3n) is 2.22. The van der Waals surface area contributed by atoms with Gasteiger partial charge in [0.15, 0.2) is 0 Å². The first-order valence-electron chi connectivity index (χ1n) is 4.56. The molecule has 0 fully saturated rings. The minimum absolute atomic E-state index is 0.203. The van der Waals surface area contributed by atoms with Gasteiger partial charge in [-0.3, -0.25) is 9.59 Å². The van der Waals surface area contributed by atoms with Gasteiger partial charge in [0.05, 0.1) is 5.69 Å². The molecule has 0 atom stereocenters. The van der Waals surface area contributed by atoms with Crippen molar-refractivity contribution >= 4 is 6.41 Å². The number of carbonyl (C=O) groups excluding carboxylic acids is 1. The summed E-state index contributed by atoms with van der Waals surface area (Å²) in [7, 11) is 0. The van der Waals surface area contributed by atoms with Crippen molar-refractivity contribution in [3.63, 3.8) is 0 Å². The first-order valence-corrected chi connectivity index (χ1v) is 4.56. The fraction of sp³-hybridized carbons (Fsp3) is 0.0909. The standard InChI is InChI=1S/C11H10N2O2/c1-9-7-11(15)13(12(9)8-14)10-5-3-2-4-6-10/h2-8H,1H3. The van der Waals surface area contributed by atoms with Gasteiger partial charge in [0.1, 0.15) is 0 Å². The molecule has 2 aromatic rings. The summed E-state index contributed by atoms with van der Waals surface area (Å²) in [5.74, 6) is 0. The van der Waals surface area contributed by atoms with Crippen LogP contribution in [0.4, 0.5) is 0 Å². The lowest BCUT2D eigenvalue weighted by Gasteiger charge is -2.06. The van der Waals surface area contributed by atoms with Crippen molar-refractivity contribution in [2.24, 2.45) is 0 Å². The molecule has 0 amide bonds. The molecular formula is C11H10N2O2. The molecular weight excluding hydrogens is 192 g/mol. The molecule has 0 aliphatic heterocycles. The maximum atomic E-state index is 11.6. The van der Waals surface area contributed by atoms with Crippen LogP contribution in [0.25, 0.3) is 5.69 Å². The van der Waals surface area contributed by atoms with Crippen LogP contribution in [0.1, 0.15) is 5.69 Å². The zero-order chi connectivity index (χ0) is 10.8. The van der Waals surface area contributed by atoms with Crippen LogP contribution in [-0.4, -0.2) is 15.8 Å².